The fourth-order valence-electron chi connectivity index (χ4n) is 4.41. The van der Waals surface area contributed by atoms with E-state index >= 15 is 0 Å². The number of anilines is 1. The highest BCUT2D eigenvalue weighted by molar-refractivity contribution is 5.96. The standard InChI is InChI=1S/C21H26N4O2/c22-8-4-10-25-9-2-1-5-14(13-25)23-21-15-6-3-7-17(15)24-18-12-20(27)19(26)11-16(18)21/h11-12,14,26-27H,1-7,9-10,13H2,(H,23,24). The van der Waals surface area contributed by atoms with E-state index in [1.165, 1.54) is 5.56 Å². The molecule has 27 heavy (non-hydrogen) atoms. The van der Waals surface area contributed by atoms with Crippen LogP contribution in [-0.2, 0) is 12.8 Å². The number of hydrogen-bond donors (Lipinski definition) is 3. The summed E-state index contributed by atoms with van der Waals surface area (Å²) in [6.45, 7) is 2.78. The molecule has 2 heterocycles. The number of phenols is 2. The van der Waals surface area contributed by atoms with Crippen molar-refractivity contribution in [3.05, 3.63) is 23.4 Å². The second kappa shape index (κ2) is 7.61. The molecular formula is C21H26N4O2. The molecule has 0 amide bonds. The maximum Gasteiger partial charge on any atom is 0.159 e. The number of rotatable bonds is 4. The Balaban J connectivity index is 1.68. The minimum atomic E-state index is -0.129. The van der Waals surface area contributed by atoms with Crippen LogP contribution in [0.2, 0.25) is 0 Å². The van der Waals surface area contributed by atoms with E-state index in [-0.39, 0.29) is 11.5 Å². The van der Waals surface area contributed by atoms with Gasteiger partial charge in [-0.3, -0.25) is 4.98 Å². The Morgan fingerprint density at radius 1 is 1.19 bits per heavy atom. The summed E-state index contributed by atoms with van der Waals surface area (Å²) in [4.78, 5) is 7.10. The number of pyridine rings is 1. The maximum atomic E-state index is 10.0. The molecular weight excluding hydrogens is 340 g/mol. The van der Waals surface area contributed by atoms with Gasteiger partial charge in [0.15, 0.2) is 11.5 Å². The number of fused-ring (bicyclic) bond motifs is 2. The molecule has 1 aromatic heterocycles. The number of aromatic nitrogens is 1. The molecule has 1 aliphatic carbocycles. The third kappa shape index (κ3) is 3.65. The van der Waals surface area contributed by atoms with Crippen LogP contribution in [0, 0.1) is 11.3 Å². The molecule has 0 saturated carbocycles. The zero-order chi connectivity index (χ0) is 18.8. The zero-order valence-corrected chi connectivity index (χ0v) is 15.5. The largest absolute Gasteiger partial charge is 0.504 e. The number of aromatic hydroxyl groups is 2. The van der Waals surface area contributed by atoms with E-state index in [0.29, 0.717) is 12.5 Å². The predicted molar refractivity (Wildman–Crippen MR) is 105 cm³/mol. The van der Waals surface area contributed by atoms with Crippen LogP contribution >= 0.6 is 0 Å². The maximum absolute atomic E-state index is 10.0. The molecule has 4 rings (SSSR count). The van der Waals surface area contributed by atoms with Crippen LogP contribution in [0.25, 0.3) is 10.9 Å². The van der Waals surface area contributed by atoms with Crippen molar-refractivity contribution in [2.45, 2.75) is 51.0 Å². The average molecular weight is 366 g/mol. The number of nitrogens with zero attached hydrogens (tertiary/aromatic N) is 3. The van der Waals surface area contributed by atoms with Gasteiger partial charge in [-0.05, 0) is 50.3 Å². The Bertz CT molecular complexity index is 890. The van der Waals surface area contributed by atoms with Crippen molar-refractivity contribution in [1.29, 1.82) is 5.26 Å². The summed E-state index contributed by atoms with van der Waals surface area (Å²) in [6.07, 6.45) is 7.02. The fourth-order valence-corrected chi connectivity index (χ4v) is 4.41. The van der Waals surface area contributed by atoms with Gasteiger partial charge in [0.05, 0.1) is 11.6 Å². The first-order valence-corrected chi connectivity index (χ1v) is 9.89. The lowest BCUT2D eigenvalue weighted by atomic mass is 10.0. The number of benzene rings is 1. The third-order valence-corrected chi connectivity index (χ3v) is 5.75. The van der Waals surface area contributed by atoms with Crippen LogP contribution in [0.4, 0.5) is 5.69 Å². The Hall–Kier alpha value is -2.52. The van der Waals surface area contributed by atoms with Crippen molar-refractivity contribution in [2.75, 3.05) is 25.0 Å². The molecule has 0 spiro atoms. The van der Waals surface area contributed by atoms with Crippen molar-refractivity contribution in [3.63, 3.8) is 0 Å². The molecule has 1 unspecified atom stereocenters. The monoisotopic (exact) mass is 366 g/mol. The highest BCUT2D eigenvalue weighted by Gasteiger charge is 2.24. The van der Waals surface area contributed by atoms with Gasteiger partial charge in [-0.1, -0.05) is 6.42 Å². The van der Waals surface area contributed by atoms with E-state index in [9.17, 15) is 10.2 Å². The summed E-state index contributed by atoms with van der Waals surface area (Å²) in [7, 11) is 0. The van der Waals surface area contributed by atoms with Gasteiger partial charge < -0.3 is 20.4 Å². The van der Waals surface area contributed by atoms with Crippen LogP contribution < -0.4 is 5.32 Å². The van der Waals surface area contributed by atoms with E-state index in [2.05, 4.69) is 16.3 Å². The van der Waals surface area contributed by atoms with Crippen LogP contribution in [-0.4, -0.2) is 45.8 Å². The van der Waals surface area contributed by atoms with E-state index in [1.54, 1.807) is 12.1 Å². The molecule has 1 saturated heterocycles. The van der Waals surface area contributed by atoms with Crippen molar-refractivity contribution in [1.82, 2.24) is 9.88 Å². The fraction of sp³-hybridized carbons (Fsp3) is 0.524. The molecule has 1 aliphatic heterocycles. The molecule has 6 nitrogen and oxygen atoms in total. The second-order valence-electron chi connectivity index (χ2n) is 7.67. The summed E-state index contributed by atoms with van der Waals surface area (Å²) in [5.41, 5.74) is 4.14. The van der Waals surface area contributed by atoms with Crippen molar-refractivity contribution >= 4 is 16.6 Å². The smallest absolute Gasteiger partial charge is 0.159 e. The van der Waals surface area contributed by atoms with Crippen LogP contribution in [0.15, 0.2) is 12.1 Å². The molecule has 1 fully saturated rings. The zero-order valence-electron chi connectivity index (χ0n) is 15.5. The number of likely N-dealkylation sites (tertiary alicyclic amines) is 1. The Labute approximate surface area is 159 Å². The molecule has 2 aromatic rings. The lowest BCUT2D eigenvalue weighted by Gasteiger charge is -2.26. The van der Waals surface area contributed by atoms with Gasteiger partial charge in [0, 0.05) is 48.4 Å². The minimum Gasteiger partial charge on any atom is -0.504 e. The van der Waals surface area contributed by atoms with Crippen LogP contribution in [0.1, 0.15) is 43.4 Å². The average Bonchev–Trinajstić information content (AvgIpc) is 3.00. The first kappa shape index (κ1) is 17.9. The van der Waals surface area contributed by atoms with Gasteiger partial charge in [-0.2, -0.15) is 5.26 Å². The third-order valence-electron chi connectivity index (χ3n) is 5.75. The van der Waals surface area contributed by atoms with Crippen molar-refractivity contribution in [2.24, 2.45) is 0 Å². The summed E-state index contributed by atoms with van der Waals surface area (Å²) in [5.74, 6) is -0.238. The van der Waals surface area contributed by atoms with Gasteiger partial charge in [0.25, 0.3) is 0 Å². The SMILES string of the molecule is N#CCCN1CCCCC(Nc2c3c(nc4cc(O)c(O)cc24)CCC3)C1. The van der Waals surface area contributed by atoms with Gasteiger partial charge in [0.1, 0.15) is 0 Å². The summed E-state index contributed by atoms with van der Waals surface area (Å²) in [5, 5.41) is 33.5. The van der Waals surface area contributed by atoms with E-state index in [0.717, 1.165) is 80.4 Å². The van der Waals surface area contributed by atoms with Gasteiger partial charge in [-0.25, -0.2) is 0 Å². The van der Waals surface area contributed by atoms with Crippen molar-refractivity contribution in [3.8, 4) is 17.6 Å². The Morgan fingerprint density at radius 2 is 2.04 bits per heavy atom. The molecule has 1 atom stereocenters. The Kier molecular flexibility index (Phi) is 5.04. The molecule has 0 bridgehead atoms. The number of nitriles is 1. The van der Waals surface area contributed by atoms with Crippen molar-refractivity contribution < 1.29 is 10.2 Å². The number of hydrogen-bond acceptors (Lipinski definition) is 6. The number of nitrogens with one attached hydrogen (secondary N) is 1. The van der Waals surface area contributed by atoms with Gasteiger partial charge in [0.2, 0.25) is 0 Å². The predicted octanol–water partition coefficient (Wildman–Crippen LogP) is 3.31. The normalized spacial score (nSPS) is 20.2. The van der Waals surface area contributed by atoms with E-state index < -0.39 is 0 Å². The summed E-state index contributed by atoms with van der Waals surface area (Å²) >= 11 is 0. The Morgan fingerprint density at radius 3 is 2.89 bits per heavy atom. The minimum absolute atomic E-state index is 0.109. The summed E-state index contributed by atoms with van der Waals surface area (Å²) < 4.78 is 0. The number of aryl methyl sites for hydroxylation is 1. The molecule has 6 heteroatoms. The van der Waals surface area contributed by atoms with Gasteiger partial charge in [-0.15, -0.1) is 0 Å². The van der Waals surface area contributed by atoms with Crippen LogP contribution in [0.5, 0.6) is 11.5 Å². The number of phenolic OH excluding ortho intramolecular Hbond substituents is 2. The molecule has 2 aliphatic rings. The van der Waals surface area contributed by atoms with Gasteiger partial charge >= 0.3 is 0 Å². The topological polar surface area (TPSA) is 92.4 Å². The lowest BCUT2D eigenvalue weighted by molar-refractivity contribution is 0.284. The lowest BCUT2D eigenvalue weighted by Crippen LogP contribution is -2.36. The molecule has 142 valence electrons. The van der Waals surface area contributed by atoms with E-state index in [1.807, 2.05) is 0 Å². The first-order valence-electron chi connectivity index (χ1n) is 9.89. The van der Waals surface area contributed by atoms with Crippen LogP contribution in [0.3, 0.4) is 0 Å². The highest BCUT2D eigenvalue weighted by Crippen LogP contribution is 2.39. The molecule has 0 radical (unpaired) electrons. The van der Waals surface area contributed by atoms with E-state index in [4.69, 9.17) is 10.2 Å². The molecule has 1 aromatic carbocycles. The quantitative estimate of drug-likeness (QED) is 0.719. The molecule has 3 N–H and O–H groups in total. The first-order chi connectivity index (χ1) is 13.2. The summed E-state index contributed by atoms with van der Waals surface area (Å²) in [6, 6.07) is 5.74. The highest BCUT2D eigenvalue weighted by atomic mass is 16.3. The second-order valence-corrected chi connectivity index (χ2v) is 7.67.